The molecule has 0 aliphatic carbocycles. The lowest BCUT2D eigenvalue weighted by Crippen LogP contribution is -2.18. The molecule has 0 rings (SSSR count). The molecule has 2 nitrogen and oxygen atoms in total. The number of carbonyl (C=O) groups excluding carboxylic acids is 1. The monoisotopic (exact) mass is 410 g/mol. The van der Waals surface area contributed by atoms with Crippen molar-refractivity contribution < 1.29 is 9.53 Å². The van der Waals surface area contributed by atoms with Gasteiger partial charge >= 0.3 is 5.97 Å². The maximum absolute atomic E-state index is 11.6. The van der Waals surface area contributed by atoms with Crippen molar-refractivity contribution in [2.75, 3.05) is 6.61 Å². The molecule has 0 aliphatic heterocycles. The van der Waals surface area contributed by atoms with E-state index in [1.54, 1.807) is 0 Å². The van der Waals surface area contributed by atoms with Crippen molar-refractivity contribution in [2.45, 2.75) is 156 Å². The first kappa shape index (κ1) is 28.5. The Hall–Kier alpha value is -0.530. The molecule has 0 N–H and O–H groups in total. The number of hydrogen-bond acceptors (Lipinski definition) is 2. The van der Waals surface area contributed by atoms with Gasteiger partial charge in [0.2, 0.25) is 0 Å². The van der Waals surface area contributed by atoms with Gasteiger partial charge < -0.3 is 4.74 Å². The smallest absolute Gasteiger partial charge is 0.305 e. The molecular formula is C27H54O2. The van der Waals surface area contributed by atoms with Crippen LogP contribution in [0.15, 0.2) is 0 Å². The fourth-order valence-corrected chi connectivity index (χ4v) is 3.72. The minimum absolute atomic E-state index is 0.0214. The number of carbonyl (C=O) groups is 1. The lowest BCUT2D eigenvalue weighted by atomic mass is 9.99. The standard InChI is InChI=1S/C27H54O2/c1-5-6-7-8-9-10-11-12-13-14-15-16-17-18-19-20-21-22-23-24-26(28)29-25-27(2,3)4/h5-25H2,1-4H3. The van der Waals surface area contributed by atoms with Crippen molar-refractivity contribution in [2.24, 2.45) is 5.41 Å². The Balaban J connectivity index is 3.12. The summed E-state index contributed by atoms with van der Waals surface area (Å²) in [5.74, 6) is -0.0214. The molecule has 0 radical (unpaired) electrons. The van der Waals surface area contributed by atoms with Gasteiger partial charge in [-0.05, 0) is 11.8 Å². The van der Waals surface area contributed by atoms with Crippen molar-refractivity contribution in [1.29, 1.82) is 0 Å². The van der Waals surface area contributed by atoms with Crippen molar-refractivity contribution in [3.8, 4) is 0 Å². The third-order valence-corrected chi connectivity index (χ3v) is 5.65. The molecule has 174 valence electrons. The zero-order valence-corrected chi connectivity index (χ0v) is 20.7. The molecule has 29 heavy (non-hydrogen) atoms. The predicted molar refractivity (Wildman–Crippen MR) is 128 cm³/mol. The average molecular weight is 411 g/mol. The molecule has 0 unspecified atom stereocenters. The largest absolute Gasteiger partial charge is 0.465 e. The van der Waals surface area contributed by atoms with Gasteiger partial charge in [0.05, 0.1) is 6.61 Å². The van der Waals surface area contributed by atoms with Gasteiger partial charge in [-0.1, -0.05) is 143 Å². The zero-order valence-electron chi connectivity index (χ0n) is 20.7. The minimum Gasteiger partial charge on any atom is -0.465 e. The van der Waals surface area contributed by atoms with E-state index in [9.17, 15) is 4.79 Å². The molecule has 0 saturated heterocycles. The topological polar surface area (TPSA) is 26.3 Å². The third-order valence-electron chi connectivity index (χ3n) is 5.65. The fraction of sp³-hybridized carbons (Fsp3) is 0.963. The molecule has 0 atom stereocenters. The Kier molecular flexibility index (Phi) is 20.4. The number of hydrogen-bond donors (Lipinski definition) is 0. The van der Waals surface area contributed by atoms with E-state index < -0.39 is 0 Å². The van der Waals surface area contributed by atoms with E-state index in [1.807, 2.05) is 0 Å². The van der Waals surface area contributed by atoms with Crippen LogP contribution < -0.4 is 0 Å². The average Bonchev–Trinajstić information content (AvgIpc) is 2.67. The molecule has 0 heterocycles. The molecule has 0 aromatic carbocycles. The maximum Gasteiger partial charge on any atom is 0.305 e. The Morgan fingerprint density at radius 2 is 0.862 bits per heavy atom. The van der Waals surface area contributed by atoms with E-state index in [1.165, 1.54) is 116 Å². The van der Waals surface area contributed by atoms with E-state index in [-0.39, 0.29) is 11.4 Å². The van der Waals surface area contributed by atoms with Crippen molar-refractivity contribution in [3.63, 3.8) is 0 Å². The highest BCUT2D eigenvalue weighted by molar-refractivity contribution is 5.69. The van der Waals surface area contributed by atoms with Crippen LogP contribution in [0.2, 0.25) is 0 Å². The van der Waals surface area contributed by atoms with Gasteiger partial charge in [-0.15, -0.1) is 0 Å². The second kappa shape index (κ2) is 20.7. The van der Waals surface area contributed by atoms with Crippen LogP contribution in [0.4, 0.5) is 0 Å². The first-order valence-electron chi connectivity index (χ1n) is 13.1. The molecule has 0 saturated carbocycles. The normalized spacial score (nSPS) is 11.7. The number of esters is 1. The molecule has 0 aromatic heterocycles. The summed E-state index contributed by atoms with van der Waals surface area (Å²) in [6.45, 7) is 9.11. The van der Waals surface area contributed by atoms with Crippen LogP contribution in [0.3, 0.4) is 0 Å². The number of unbranched alkanes of at least 4 members (excludes halogenated alkanes) is 18. The summed E-state index contributed by atoms with van der Waals surface area (Å²) in [6, 6.07) is 0. The van der Waals surface area contributed by atoms with Gasteiger partial charge in [0.15, 0.2) is 0 Å². The van der Waals surface area contributed by atoms with Crippen LogP contribution in [-0.2, 0) is 9.53 Å². The van der Waals surface area contributed by atoms with Gasteiger partial charge in [-0.2, -0.15) is 0 Å². The lowest BCUT2D eigenvalue weighted by molar-refractivity contribution is -0.146. The number of ether oxygens (including phenoxy) is 1. The van der Waals surface area contributed by atoms with E-state index in [2.05, 4.69) is 27.7 Å². The number of rotatable bonds is 21. The van der Waals surface area contributed by atoms with E-state index in [0.29, 0.717) is 13.0 Å². The van der Waals surface area contributed by atoms with Crippen LogP contribution >= 0.6 is 0 Å². The van der Waals surface area contributed by atoms with Gasteiger partial charge in [-0.25, -0.2) is 0 Å². The quantitative estimate of drug-likeness (QED) is 0.139. The van der Waals surface area contributed by atoms with Gasteiger partial charge in [0.25, 0.3) is 0 Å². The SMILES string of the molecule is CCCCCCCCCCCCCCCCCCCCCC(=O)OCC(C)(C)C. The molecule has 0 fully saturated rings. The Morgan fingerprint density at radius 3 is 1.17 bits per heavy atom. The zero-order chi connectivity index (χ0) is 21.6. The minimum atomic E-state index is -0.0214. The van der Waals surface area contributed by atoms with Crippen LogP contribution in [0.1, 0.15) is 156 Å². The molecule has 0 aliphatic rings. The van der Waals surface area contributed by atoms with Crippen LogP contribution in [-0.4, -0.2) is 12.6 Å². The Labute approximate surface area is 184 Å². The fourth-order valence-electron chi connectivity index (χ4n) is 3.72. The molecule has 0 spiro atoms. The second-order valence-electron chi connectivity index (χ2n) is 10.3. The first-order valence-corrected chi connectivity index (χ1v) is 13.1. The van der Waals surface area contributed by atoms with Gasteiger partial charge in [0, 0.05) is 6.42 Å². The summed E-state index contributed by atoms with van der Waals surface area (Å²) >= 11 is 0. The maximum atomic E-state index is 11.6. The van der Waals surface area contributed by atoms with Crippen LogP contribution in [0, 0.1) is 5.41 Å². The summed E-state index contributed by atoms with van der Waals surface area (Å²) in [5, 5.41) is 0. The van der Waals surface area contributed by atoms with Crippen molar-refractivity contribution in [3.05, 3.63) is 0 Å². The highest BCUT2D eigenvalue weighted by atomic mass is 16.5. The Morgan fingerprint density at radius 1 is 0.552 bits per heavy atom. The summed E-state index contributed by atoms with van der Waals surface area (Å²) < 4.78 is 5.30. The lowest BCUT2D eigenvalue weighted by Gasteiger charge is -2.17. The Bertz CT molecular complexity index is 343. The molecule has 0 amide bonds. The van der Waals surface area contributed by atoms with E-state index >= 15 is 0 Å². The molecular weight excluding hydrogens is 356 g/mol. The van der Waals surface area contributed by atoms with Crippen LogP contribution in [0.5, 0.6) is 0 Å². The molecule has 2 heteroatoms. The predicted octanol–water partition coefficient (Wildman–Crippen LogP) is 9.40. The molecule has 0 aromatic rings. The van der Waals surface area contributed by atoms with Gasteiger partial charge in [0.1, 0.15) is 0 Å². The van der Waals surface area contributed by atoms with Crippen molar-refractivity contribution >= 4 is 5.97 Å². The third kappa shape index (κ3) is 25.4. The van der Waals surface area contributed by atoms with E-state index in [0.717, 1.165) is 6.42 Å². The van der Waals surface area contributed by atoms with Crippen LogP contribution in [0.25, 0.3) is 0 Å². The molecule has 0 bridgehead atoms. The first-order chi connectivity index (χ1) is 14.0. The highest BCUT2D eigenvalue weighted by Crippen LogP contribution is 2.16. The van der Waals surface area contributed by atoms with Gasteiger partial charge in [-0.3, -0.25) is 4.79 Å². The summed E-state index contributed by atoms with van der Waals surface area (Å²) in [5.41, 5.74) is 0.0726. The second-order valence-corrected chi connectivity index (χ2v) is 10.3. The summed E-state index contributed by atoms with van der Waals surface area (Å²) in [4.78, 5) is 11.6. The summed E-state index contributed by atoms with van der Waals surface area (Å²) in [7, 11) is 0. The highest BCUT2D eigenvalue weighted by Gasteiger charge is 2.13. The summed E-state index contributed by atoms with van der Waals surface area (Å²) in [6.07, 6.45) is 26.8. The van der Waals surface area contributed by atoms with Crippen molar-refractivity contribution in [1.82, 2.24) is 0 Å². The van der Waals surface area contributed by atoms with E-state index in [4.69, 9.17) is 4.74 Å².